The van der Waals surface area contributed by atoms with Crippen LogP contribution in [-0.4, -0.2) is 26.4 Å². The maximum absolute atomic E-state index is 5.81. The highest BCUT2D eigenvalue weighted by atomic mass is 16.6. The summed E-state index contributed by atoms with van der Waals surface area (Å²) in [6.07, 6.45) is 0. The first-order chi connectivity index (χ1) is 9.93. The first kappa shape index (κ1) is 11.5. The van der Waals surface area contributed by atoms with Crippen LogP contribution in [0.25, 0.3) is 11.1 Å². The van der Waals surface area contributed by atoms with Crippen molar-refractivity contribution in [3.05, 3.63) is 36.4 Å². The van der Waals surface area contributed by atoms with Gasteiger partial charge in [0.2, 0.25) is 5.75 Å². The lowest BCUT2D eigenvalue weighted by atomic mass is 10.0. The van der Waals surface area contributed by atoms with Crippen LogP contribution >= 0.6 is 0 Å². The molecule has 0 saturated carbocycles. The number of rotatable bonds is 0. The lowest BCUT2D eigenvalue weighted by Crippen LogP contribution is -2.18. The van der Waals surface area contributed by atoms with E-state index in [-0.39, 0.29) is 0 Å². The molecule has 4 nitrogen and oxygen atoms in total. The van der Waals surface area contributed by atoms with Gasteiger partial charge in [-0.1, -0.05) is 18.2 Å². The molecular formula is C16H14O4. The van der Waals surface area contributed by atoms with E-state index in [2.05, 4.69) is 0 Å². The second-order valence-corrected chi connectivity index (χ2v) is 4.66. The van der Waals surface area contributed by atoms with Crippen molar-refractivity contribution in [1.29, 1.82) is 0 Å². The highest BCUT2D eigenvalue weighted by Gasteiger charge is 2.24. The van der Waals surface area contributed by atoms with E-state index in [1.54, 1.807) is 0 Å². The van der Waals surface area contributed by atoms with Gasteiger partial charge in [-0.05, 0) is 18.2 Å². The normalized spacial score (nSPS) is 15.8. The molecule has 3 aliphatic rings. The van der Waals surface area contributed by atoms with Crippen LogP contribution in [0, 0.1) is 0 Å². The van der Waals surface area contributed by atoms with Crippen LogP contribution in [0.15, 0.2) is 36.4 Å². The number of para-hydroxylation sites is 1. The van der Waals surface area contributed by atoms with Gasteiger partial charge in [0.05, 0.1) is 0 Å². The van der Waals surface area contributed by atoms with Crippen LogP contribution in [0.4, 0.5) is 0 Å². The Hall–Kier alpha value is -2.36. The zero-order chi connectivity index (χ0) is 13.4. The van der Waals surface area contributed by atoms with E-state index in [4.69, 9.17) is 18.9 Å². The molecular weight excluding hydrogens is 256 g/mol. The molecule has 0 fully saturated rings. The summed E-state index contributed by atoms with van der Waals surface area (Å²) in [5.74, 6) is 2.99. The molecule has 0 atom stereocenters. The van der Waals surface area contributed by atoms with Crippen molar-refractivity contribution < 1.29 is 18.9 Å². The van der Waals surface area contributed by atoms with Crippen molar-refractivity contribution in [1.82, 2.24) is 0 Å². The van der Waals surface area contributed by atoms with Crippen molar-refractivity contribution in [2.75, 3.05) is 26.4 Å². The van der Waals surface area contributed by atoms with Crippen LogP contribution in [0.5, 0.6) is 23.0 Å². The van der Waals surface area contributed by atoms with Gasteiger partial charge in [-0.3, -0.25) is 0 Å². The molecule has 0 unspecified atom stereocenters. The standard InChI is InChI=1S/C16H14O4/c1-2-4-13-11(3-1)12-5-6-14(18-8-7-17-13)16-15(12)19-9-10-20-16/h1-6H,7-10H2. The fourth-order valence-electron chi connectivity index (χ4n) is 2.56. The molecule has 4 heteroatoms. The lowest BCUT2D eigenvalue weighted by Gasteiger charge is -2.25. The van der Waals surface area contributed by atoms with E-state index in [0.29, 0.717) is 37.9 Å². The number of ether oxygens (including phenoxy) is 4. The monoisotopic (exact) mass is 270 g/mol. The van der Waals surface area contributed by atoms with Gasteiger partial charge < -0.3 is 18.9 Å². The van der Waals surface area contributed by atoms with Crippen molar-refractivity contribution in [3.8, 4) is 34.1 Å². The third-order valence-electron chi connectivity index (χ3n) is 3.43. The summed E-state index contributed by atoms with van der Waals surface area (Å²) in [7, 11) is 0. The maximum atomic E-state index is 5.81. The molecule has 3 aliphatic heterocycles. The molecule has 0 spiro atoms. The third-order valence-corrected chi connectivity index (χ3v) is 3.43. The number of benzene rings is 2. The van der Waals surface area contributed by atoms with Gasteiger partial charge in [-0.15, -0.1) is 0 Å². The Bertz CT molecular complexity index is 651. The largest absolute Gasteiger partial charge is 0.489 e. The van der Waals surface area contributed by atoms with Gasteiger partial charge >= 0.3 is 0 Å². The smallest absolute Gasteiger partial charge is 0.204 e. The van der Waals surface area contributed by atoms with Gasteiger partial charge in [-0.25, -0.2) is 0 Å². The minimum absolute atomic E-state index is 0.476. The summed E-state index contributed by atoms with van der Waals surface area (Å²) in [5.41, 5.74) is 1.99. The third kappa shape index (κ3) is 1.76. The minimum Gasteiger partial charge on any atom is -0.489 e. The summed E-state index contributed by atoms with van der Waals surface area (Å²) in [6.45, 7) is 2.08. The van der Waals surface area contributed by atoms with Gasteiger partial charge in [0.25, 0.3) is 0 Å². The number of hydrogen-bond donors (Lipinski definition) is 0. The lowest BCUT2D eigenvalue weighted by molar-refractivity contribution is 0.156. The fraction of sp³-hybridized carbons (Fsp3) is 0.250. The molecule has 3 heterocycles. The van der Waals surface area contributed by atoms with Crippen LogP contribution in [-0.2, 0) is 0 Å². The fourth-order valence-corrected chi connectivity index (χ4v) is 2.56. The van der Waals surface area contributed by atoms with E-state index in [0.717, 1.165) is 22.6 Å². The van der Waals surface area contributed by atoms with Gasteiger partial charge in [0.15, 0.2) is 11.5 Å². The first-order valence-corrected chi connectivity index (χ1v) is 6.71. The zero-order valence-electron chi connectivity index (χ0n) is 10.9. The molecule has 5 rings (SSSR count). The van der Waals surface area contributed by atoms with Crippen molar-refractivity contribution in [2.24, 2.45) is 0 Å². The highest BCUT2D eigenvalue weighted by molar-refractivity contribution is 5.80. The van der Waals surface area contributed by atoms with Gasteiger partial charge in [-0.2, -0.15) is 0 Å². The Kier molecular flexibility index (Phi) is 2.66. The molecule has 20 heavy (non-hydrogen) atoms. The van der Waals surface area contributed by atoms with Crippen LogP contribution < -0.4 is 18.9 Å². The molecule has 2 aromatic rings. The van der Waals surface area contributed by atoms with E-state index < -0.39 is 0 Å². The average Bonchev–Trinajstić information content (AvgIpc) is 2.53. The summed E-state index contributed by atoms with van der Waals surface area (Å²) in [5, 5.41) is 0. The van der Waals surface area contributed by atoms with Crippen molar-refractivity contribution >= 4 is 0 Å². The SMILES string of the molecule is c1ccc2c(c1)OCCOc1ccc-2c2c1OCCO2. The molecule has 2 aromatic carbocycles. The maximum Gasteiger partial charge on any atom is 0.204 e. The molecule has 0 aromatic heterocycles. The topological polar surface area (TPSA) is 36.9 Å². The van der Waals surface area contributed by atoms with Crippen LogP contribution in [0.2, 0.25) is 0 Å². The molecule has 0 saturated heterocycles. The summed E-state index contributed by atoms with van der Waals surface area (Å²) in [6, 6.07) is 11.9. The molecule has 0 amide bonds. The Morgan fingerprint density at radius 3 is 2.15 bits per heavy atom. The van der Waals surface area contributed by atoms with Crippen molar-refractivity contribution in [3.63, 3.8) is 0 Å². The van der Waals surface area contributed by atoms with E-state index >= 15 is 0 Å². The summed E-state index contributed by atoms with van der Waals surface area (Å²) in [4.78, 5) is 0. The predicted molar refractivity (Wildman–Crippen MR) is 73.9 cm³/mol. The number of fused-ring (bicyclic) bond motifs is 4. The first-order valence-electron chi connectivity index (χ1n) is 6.71. The quantitative estimate of drug-likeness (QED) is 0.737. The van der Waals surface area contributed by atoms with Gasteiger partial charge in [0.1, 0.15) is 32.2 Å². The average molecular weight is 270 g/mol. The van der Waals surface area contributed by atoms with E-state index in [1.165, 1.54) is 0 Å². The Morgan fingerprint density at radius 1 is 0.550 bits per heavy atom. The summed E-state index contributed by atoms with van der Waals surface area (Å²) >= 11 is 0. The Morgan fingerprint density at radius 2 is 1.25 bits per heavy atom. The second-order valence-electron chi connectivity index (χ2n) is 4.66. The Balaban J connectivity index is 1.98. The second kappa shape index (κ2) is 4.63. The molecule has 0 aliphatic carbocycles. The molecule has 2 bridgehead atoms. The molecule has 0 radical (unpaired) electrons. The minimum atomic E-state index is 0.476. The number of hydrogen-bond acceptors (Lipinski definition) is 4. The van der Waals surface area contributed by atoms with E-state index in [9.17, 15) is 0 Å². The van der Waals surface area contributed by atoms with Crippen molar-refractivity contribution in [2.45, 2.75) is 0 Å². The highest BCUT2D eigenvalue weighted by Crippen LogP contribution is 2.48. The van der Waals surface area contributed by atoms with E-state index in [1.807, 2.05) is 36.4 Å². The van der Waals surface area contributed by atoms with Gasteiger partial charge in [0, 0.05) is 11.1 Å². The summed E-state index contributed by atoms with van der Waals surface area (Å²) < 4.78 is 23.1. The van der Waals surface area contributed by atoms with Crippen LogP contribution in [0.1, 0.15) is 0 Å². The predicted octanol–water partition coefficient (Wildman–Crippen LogP) is 2.90. The zero-order valence-corrected chi connectivity index (χ0v) is 10.9. The Labute approximate surface area is 116 Å². The molecule has 0 N–H and O–H groups in total. The van der Waals surface area contributed by atoms with Crippen LogP contribution in [0.3, 0.4) is 0 Å². The molecule has 102 valence electrons.